The van der Waals surface area contributed by atoms with Crippen LogP contribution in [0.4, 0.5) is 17.1 Å². The SMILES string of the molecule is COc1ccc([C@H]2CC(=O)C3=C(C2)Nc2ccccc2N[C@H]3c2cccc([N+](=O)[O-])c2)cc1. The van der Waals surface area contributed by atoms with Crippen molar-refractivity contribution >= 4 is 22.8 Å². The number of nitrogens with one attached hydrogen (secondary N) is 2. The molecule has 0 unspecified atom stereocenters. The van der Waals surface area contributed by atoms with Gasteiger partial charge in [-0.25, -0.2) is 0 Å². The van der Waals surface area contributed by atoms with Gasteiger partial charge in [-0.3, -0.25) is 14.9 Å². The molecule has 0 fully saturated rings. The lowest BCUT2D eigenvalue weighted by Crippen LogP contribution is -2.26. The van der Waals surface area contributed by atoms with Crippen LogP contribution in [0.5, 0.6) is 5.75 Å². The fourth-order valence-electron chi connectivity index (χ4n) is 4.67. The quantitative estimate of drug-likeness (QED) is 0.405. The lowest BCUT2D eigenvalue weighted by atomic mass is 9.78. The van der Waals surface area contributed by atoms with Crippen LogP contribution in [-0.4, -0.2) is 17.8 Å². The summed E-state index contributed by atoms with van der Waals surface area (Å²) < 4.78 is 5.26. The van der Waals surface area contributed by atoms with Gasteiger partial charge in [-0.2, -0.15) is 0 Å². The van der Waals surface area contributed by atoms with E-state index in [1.165, 1.54) is 6.07 Å². The Balaban J connectivity index is 1.59. The van der Waals surface area contributed by atoms with Crippen LogP contribution in [-0.2, 0) is 4.79 Å². The third-order valence-electron chi connectivity index (χ3n) is 6.31. The Morgan fingerprint density at radius 1 is 0.939 bits per heavy atom. The number of allylic oxidation sites excluding steroid dienone is 1. The summed E-state index contributed by atoms with van der Waals surface area (Å²) in [6.45, 7) is 0. The molecule has 0 saturated heterocycles. The maximum atomic E-state index is 13.5. The number of para-hydroxylation sites is 2. The standard InChI is InChI=1S/C26H23N3O4/c1-33-20-11-9-16(10-12-20)18-14-23-25(24(30)15-18)26(17-5-4-6-19(13-17)29(31)32)28-22-8-3-2-7-21(22)27-23/h2-13,18,26-28H,14-15H2,1H3/t18-,26+/m1/s1. The Labute approximate surface area is 191 Å². The van der Waals surface area contributed by atoms with Crippen molar-refractivity contribution in [2.45, 2.75) is 24.8 Å². The molecule has 3 aromatic rings. The summed E-state index contributed by atoms with van der Waals surface area (Å²) in [7, 11) is 1.63. The van der Waals surface area contributed by atoms with E-state index in [1.54, 1.807) is 19.2 Å². The van der Waals surface area contributed by atoms with E-state index in [1.807, 2.05) is 54.6 Å². The number of carbonyl (C=O) groups excluding carboxylic acids is 1. The zero-order valence-corrected chi connectivity index (χ0v) is 18.1. The van der Waals surface area contributed by atoms with Gasteiger partial charge in [-0.1, -0.05) is 36.4 Å². The highest BCUT2D eigenvalue weighted by Gasteiger charge is 2.36. The second-order valence-electron chi connectivity index (χ2n) is 8.29. The van der Waals surface area contributed by atoms with Crippen molar-refractivity contribution in [3.63, 3.8) is 0 Å². The zero-order chi connectivity index (χ0) is 22.9. The molecule has 0 bridgehead atoms. The van der Waals surface area contributed by atoms with Gasteiger partial charge in [0.1, 0.15) is 5.75 Å². The lowest BCUT2D eigenvalue weighted by molar-refractivity contribution is -0.384. The normalized spacial score (nSPS) is 19.5. The molecule has 0 spiro atoms. The van der Waals surface area contributed by atoms with E-state index in [0.29, 0.717) is 24.0 Å². The molecular formula is C26H23N3O4. The van der Waals surface area contributed by atoms with Gasteiger partial charge in [-0.05, 0) is 47.7 Å². The molecule has 33 heavy (non-hydrogen) atoms. The van der Waals surface area contributed by atoms with Crippen molar-refractivity contribution in [2.75, 3.05) is 17.7 Å². The number of Topliss-reactive ketones (excluding diaryl/α,β-unsaturated/α-hetero) is 1. The maximum absolute atomic E-state index is 13.5. The van der Waals surface area contributed by atoms with Gasteiger partial charge in [0.25, 0.3) is 5.69 Å². The van der Waals surface area contributed by atoms with Crippen molar-refractivity contribution in [2.24, 2.45) is 0 Å². The van der Waals surface area contributed by atoms with E-state index in [4.69, 9.17) is 4.74 Å². The van der Waals surface area contributed by atoms with Gasteiger partial charge in [-0.15, -0.1) is 0 Å². The monoisotopic (exact) mass is 441 g/mol. The summed E-state index contributed by atoms with van der Waals surface area (Å²) in [4.78, 5) is 24.5. The van der Waals surface area contributed by atoms with Crippen LogP contribution in [0.15, 0.2) is 84.1 Å². The summed E-state index contributed by atoms with van der Waals surface area (Å²) >= 11 is 0. The number of ether oxygens (including phenoxy) is 1. The van der Waals surface area contributed by atoms with Crippen molar-refractivity contribution in [1.82, 2.24) is 0 Å². The fraction of sp³-hybridized carbons (Fsp3) is 0.192. The summed E-state index contributed by atoms with van der Waals surface area (Å²) in [6.07, 6.45) is 1.03. The number of rotatable bonds is 4. The molecule has 2 N–H and O–H groups in total. The van der Waals surface area contributed by atoms with E-state index in [0.717, 1.165) is 28.4 Å². The molecule has 2 aliphatic rings. The second-order valence-corrected chi connectivity index (χ2v) is 8.29. The summed E-state index contributed by atoms with van der Waals surface area (Å²) in [5.74, 6) is 0.837. The number of anilines is 2. The first-order valence-corrected chi connectivity index (χ1v) is 10.8. The number of hydrogen-bond donors (Lipinski definition) is 2. The molecule has 5 rings (SSSR count). The van der Waals surface area contributed by atoms with Crippen LogP contribution in [0.1, 0.15) is 35.9 Å². The minimum atomic E-state index is -0.486. The van der Waals surface area contributed by atoms with Crippen LogP contribution < -0.4 is 15.4 Å². The third-order valence-corrected chi connectivity index (χ3v) is 6.31. The van der Waals surface area contributed by atoms with Crippen LogP contribution in [0.25, 0.3) is 0 Å². The van der Waals surface area contributed by atoms with Crippen LogP contribution in [0.3, 0.4) is 0 Å². The molecule has 0 radical (unpaired) electrons. The van der Waals surface area contributed by atoms with Crippen LogP contribution in [0, 0.1) is 10.1 Å². The Morgan fingerprint density at radius 2 is 1.70 bits per heavy atom. The van der Waals surface area contributed by atoms with Crippen molar-refractivity contribution < 1.29 is 14.5 Å². The largest absolute Gasteiger partial charge is 0.497 e. The highest BCUT2D eigenvalue weighted by molar-refractivity contribution is 6.01. The van der Waals surface area contributed by atoms with Gasteiger partial charge >= 0.3 is 0 Å². The molecule has 7 heteroatoms. The van der Waals surface area contributed by atoms with Gasteiger partial charge in [0.05, 0.1) is 29.4 Å². The number of non-ortho nitro benzene ring substituents is 1. The summed E-state index contributed by atoms with van der Waals surface area (Å²) in [5, 5.41) is 18.3. The average Bonchev–Trinajstić information content (AvgIpc) is 3.01. The first kappa shape index (κ1) is 20.8. The molecule has 0 amide bonds. The van der Waals surface area contributed by atoms with Gasteiger partial charge in [0.2, 0.25) is 0 Å². The zero-order valence-electron chi connectivity index (χ0n) is 18.1. The maximum Gasteiger partial charge on any atom is 0.269 e. The highest BCUT2D eigenvalue weighted by atomic mass is 16.6. The van der Waals surface area contributed by atoms with Crippen molar-refractivity contribution in [1.29, 1.82) is 0 Å². The number of nitro groups is 1. The van der Waals surface area contributed by atoms with Gasteiger partial charge in [0, 0.05) is 29.8 Å². The minimum Gasteiger partial charge on any atom is -0.497 e. The average molecular weight is 441 g/mol. The van der Waals surface area contributed by atoms with Gasteiger partial charge < -0.3 is 15.4 Å². The van der Waals surface area contributed by atoms with Crippen molar-refractivity contribution in [3.05, 3.63) is 105 Å². The molecular weight excluding hydrogens is 418 g/mol. The van der Waals surface area contributed by atoms with E-state index < -0.39 is 11.0 Å². The number of carbonyl (C=O) groups is 1. The molecule has 7 nitrogen and oxygen atoms in total. The Morgan fingerprint density at radius 3 is 2.42 bits per heavy atom. The predicted octanol–water partition coefficient (Wildman–Crippen LogP) is 5.58. The highest BCUT2D eigenvalue weighted by Crippen LogP contribution is 2.44. The number of nitrogens with zero attached hydrogens (tertiary/aromatic N) is 1. The molecule has 3 aromatic carbocycles. The predicted molar refractivity (Wildman–Crippen MR) is 127 cm³/mol. The molecule has 1 aliphatic heterocycles. The fourth-order valence-corrected chi connectivity index (χ4v) is 4.67. The summed E-state index contributed by atoms with van der Waals surface area (Å²) in [6, 6.07) is 21.6. The first-order valence-electron chi connectivity index (χ1n) is 10.8. The summed E-state index contributed by atoms with van der Waals surface area (Å²) in [5.41, 5.74) is 4.97. The Kier molecular flexibility index (Phi) is 5.30. The molecule has 166 valence electrons. The van der Waals surface area contributed by atoms with E-state index >= 15 is 0 Å². The lowest BCUT2D eigenvalue weighted by Gasteiger charge is -2.30. The second kappa shape index (κ2) is 8.43. The molecule has 0 saturated carbocycles. The number of nitro benzene ring substituents is 1. The Bertz CT molecular complexity index is 1270. The Hall–Kier alpha value is -4.13. The van der Waals surface area contributed by atoms with Crippen LogP contribution in [0.2, 0.25) is 0 Å². The molecule has 1 aliphatic carbocycles. The van der Waals surface area contributed by atoms with Crippen LogP contribution >= 0.6 is 0 Å². The van der Waals surface area contributed by atoms with Gasteiger partial charge in [0.15, 0.2) is 5.78 Å². The number of hydrogen-bond acceptors (Lipinski definition) is 6. The van der Waals surface area contributed by atoms with Crippen molar-refractivity contribution in [3.8, 4) is 5.75 Å². The van der Waals surface area contributed by atoms with E-state index in [9.17, 15) is 14.9 Å². The molecule has 0 aromatic heterocycles. The molecule has 1 heterocycles. The number of benzene rings is 3. The first-order chi connectivity index (χ1) is 16.0. The smallest absolute Gasteiger partial charge is 0.269 e. The number of fused-ring (bicyclic) bond motifs is 1. The van der Waals surface area contributed by atoms with E-state index in [2.05, 4.69) is 10.6 Å². The number of ketones is 1. The minimum absolute atomic E-state index is 0.00121. The molecule has 2 atom stereocenters. The third kappa shape index (κ3) is 3.93. The van der Waals surface area contributed by atoms with E-state index in [-0.39, 0.29) is 17.4 Å². The number of methoxy groups -OCH3 is 1. The topological polar surface area (TPSA) is 93.5 Å².